The molecule has 6 aromatic carbocycles. The molecule has 0 aliphatic rings. The van der Waals surface area contributed by atoms with Gasteiger partial charge < -0.3 is 9.55 Å². The predicted octanol–water partition coefficient (Wildman–Crippen LogP) is 9.24. The summed E-state index contributed by atoms with van der Waals surface area (Å²) in [5, 5.41) is 7.63. The number of H-pyrrole nitrogens is 1. The van der Waals surface area contributed by atoms with E-state index in [1.54, 1.807) is 0 Å². The standard InChI is InChI=1S/C34H22N2/c1-2-8-24-21-25(14-13-22(24)7-1)23-15-17-26(18-16-23)36-32-12-6-4-9-27(32)28-19-20-31-33(34(28)36)29-10-3-5-11-30(29)35-31/h1-21,35H. The molecule has 0 unspecified atom stereocenters. The molecule has 0 aliphatic heterocycles. The monoisotopic (exact) mass is 458 g/mol. The molecule has 0 saturated heterocycles. The van der Waals surface area contributed by atoms with Gasteiger partial charge in [-0.15, -0.1) is 0 Å². The van der Waals surface area contributed by atoms with Gasteiger partial charge in [0.05, 0.1) is 11.0 Å². The Morgan fingerprint density at radius 1 is 0.472 bits per heavy atom. The van der Waals surface area contributed by atoms with Crippen LogP contribution in [0.15, 0.2) is 127 Å². The molecule has 0 spiro atoms. The molecule has 0 aliphatic carbocycles. The van der Waals surface area contributed by atoms with E-state index in [1.807, 2.05) is 0 Å². The van der Waals surface area contributed by atoms with Crippen molar-refractivity contribution >= 4 is 54.4 Å². The highest BCUT2D eigenvalue weighted by molar-refractivity contribution is 6.25. The molecule has 0 saturated carbocycles. The molecule has 0 radical (unpaired) electrons. The van der Waals surface area contributed by atoms with Crippen LogP contribution in [0.5, 0.6) is 0 Å². The van der Waals surface area contributed by atoms with Gasteiger partial charge in [-0.3, -0.25) is 0 Å². The average molecular weight is 459 g/mol. The zero-order valence-corrected chi connectivity index (χ0v) is 19.6. The minimum atomic E-state index is 1.17. The summed E-state index contributed by atoms with van der Waals surface area (Å²) in [6.45, 7) is 0. The molecule has 2 heterocycles. The van der Waals surface area contributed by atoms with Crippen LogP contribution in [0.4, 0.5) is 0 Å². The second-order valence-corrected chi connectivity index (χ2v) is 9.52. The minimum Gasteiger partial charge on any atom is -0.354 e. The van der Waals surface area contributed by atoms with Gasteiger partial charge in [0.25, 0.3) is 0 Å². The van der Waals surface area contributed by atoms with Gasteiger partial charge in [0.15, 0.2) is 0 Å². The molecule has 1 N–H and O–H groups in total. The quantitative estimate of drug-likeness (QED) is 0.266. The molecule has 0 bridgehead atoms. The van der Waals surface area contributed by atoms with E-state index in [1.165, 1.54) is 71.2 Å². The zero-order valence-electron chi connectivity index (χ0n) is 19.6. The number of nitrogens with zero attached hydrogens (tertiary/aromatic N) is 1. The Hall–Kier alpha value is -4.82. The lowest BCUT2D eigenvalue weighted by Crippen LogP contribution is -1.94. The smallest absolute Gasteiger partial charge is 0.0641 e. The van der Waals surface area contributed by atoms with Crippen molar-refractivity contribution in [1.82, 2.24) is 9.55 Å². The summed E-state index contributed by atoms with van der Waals surface area (Å²) in [5.41, 5.74) is 8.45. The Bertz CT molecular complexity index is 2090. The molecular weight excluding hydrogens is 436 g/mol. The van der Waals surface area contributed by atoms with Crippen molar-refractivity contribution in [3.63, 3.8) is 0 Å². The number of aromatic nitrogens is 2. The van der Waals surface area contributed by atoms with E-state index in [9.17, 15) is 0 Å². The molecule has 8 aromatic rings. The lowest BCUT2D eigenvalue weighted by atomic mass is 10.0. The van der Waals surface area contributed by atoms with Crippen LogP contribution in [0.2, 0.25) is 0 Å². The second kappa shape index (κ2) is 7.34. The summed E-state index contributed by atoms with van der Waals surface area (Å²) >= 11 is 0. The SMILES string of the molecule is c1ccc2cc(-c3ccc(-n4c5ccccc5c5ccc6[nH]c7ccccc7c6c54)cc3)ccc2c1. The maximum Gasteiger partial charge on any atom is 0.0641 e. The third kappa shape index (κ3) is 2.73. The van der Waals surface area contributed by atoms with Gasteiger partial charge in [-0.25, -0.2) is 0 Å². The molecule has 2 nitrogen and oxygen atoms in total. The topological polar surface area (TPSA) is 20.7 Å². The van der Waals surface area contributed by atoms with Crippen molar-refractivity contribution in [3.05, 3.63) is 127 Å². The van der Waals surface area contributed by atoms with Gasteiger partial charge in [-0.05, 0) is 58.3 Å². The average Bonchev–Trinajstić information content (AvgIpc) is 3.48. The Morgan fingerprint density at radius 3 is 2.08 bits per heavy atom. The maximum absolute atomic E-state index is 3.62. The lowest BCUT2D eigenvalue weighted by Gasteiger charge is -2.11. The third-order valence-electron chi connectivity index (χ3n) is 7.51. The first-order valence-corrected chi connectivity index (χ1v) is 12.4. The number of nitrogens with one attached hydrogen (secondary N) is 1. The number of rotatable bonds is 2. The van der Waals surface area contributed by atoms with E-state index < -0.39 is 0 Å². The number of aromatic amines is 1. The molecule has 0 amide bonds. The Kier molecular flexibility index (Phi) is 3.97. The van der Waals surface area contributed by atoms with Gasteiger partial charge in [-0.1, -0.05) is 91.0 Å². The van der Waals surface area contributed by atoms with E-state index in [4.69, 9.17) is 0 Å². The number of hydrogen-bond acceptors (Lipinski definition) is 0. The van der Waals surface area contributed by atoms with Crippen LogP contribution in [0.3, 0.4) is 0 Å². The fourth-order valence-electron chi connectivity index (χ4n) is 5.83. The van der Waals surface area contributed by atoms with E-state index in [-0.39, 0.29) is 0 Å². The van der Waals surface area contributed by atoms with Crippen molar-refractivity contribution < 1.29 is 0 Å². The van der Waals surface area contributed by atoms with Crippen LogP contribution in [0, 0.1) is 0 Å². The summed E-state index contributed by atoms with van der Waals surface area (Å²) in [6, 6.07) is 46.0. The molecule has 36 heavy (non-hydrogen) atoms. The molecule has 8 rings (SSSR count). The number of para-hydroxylation sites is 2. The van der Waals surface area contributed by atoms with Crippen molar-refractivity contribution in [2.75, 3.05) is 0 Å². The van der Waals surface area contributed by atoms with Gasteiger partial charge in [0.1, 0.15) is 0 Å². The lowest BCUT2D eigenvalue weighted by molar-refractivity contribution is 1.19. The summed E-state index contributed by atoms with van der Waals surface area (Å²) in [5.74, 6) is 0. The van der Waals surface area contributed by atoms with Gasteiger partial charge in [0.2, 0.25) is 0 Å². The molecular formula is C34H22N2. The fourth-order valence-corrected chi connectivity index (χ4v) is 5.83. The van der Waals surface area contributed by atoms with Crippen molar-refractivity contribution in [3.8, 4) is 16.8 Å². The highest BCUT2D eigenvalue weighted by Gasteiger charge is 2.17. The van der Waals surface area contributed by atoms with Gasteiger partial charge in [-0.2, -0.15) is 0 Å². The molecule has 2 heteroatoms. The molecule has 0 fully saturated rings. The van der Waals surface area contributed by atoms with E-state index in [2.05, 4.69) is 137 Å². The van der Waals surface area contributed by atoms with Crippen molar-refractivity contribution in [2.24, 2.45) is 0 Å². The van der Waals surface area contributed by atoms with Crippen LogP contribution < -0.4 is 0 Å². The van der Waals surface area contributed by atoms with Gasteiger partial charge in [0, 0.05) is 38.3 Å². The minimum absolute atomic E-state index is 1.17. The first-order valence-electron chi connectivity index (χ1n) is 12.4. The Morgan fingerprint density at radius 2 is 1.19 bits per heavy atom. The summed E-state index contributed by atoms with van der Waals surface area (Å²) < 4.78 is 2.43. The van der Waals surface area contributed by atoms with Gasteiger partial charge >= 0.3 is 0 Å². The summed E-state index contributed by atoms with van der Waals surface area (Å²) in [6.07, 6.45) is 0. The van der Waals surface area contributed by atoms with E-state index in [0.717, 1.165) is 0 Å². The number of hydrogen-bond donors (Lipinski definition) is 1. The van der Waals surface area contributed by atoms with Crippen LogP contribution in [0.1, 0.15) is 0 Å². The van der Waals surface area contributed by atoms with E-state index in [0.29, 0.717) is 0 Å². The Balaban J connectivity index is 1.39. The van der Waals surface area contributed by atoms with Crippen LogP contribution in [0.25, 0.3) is 71.2 Å². The number of benzene rings is 6. The third-order valence-corrected chi connectivity index (χ3v) is 7.51. The first-order chi connectivity index (χ1) is 17.8. The van der Waals surface area contributed by atoms with Crippen LogP contribution in [-0.2, 0) is 0 Å². The number of fused-ring (bicyclic) bond motifs is 8. The normalized spacial score (nSPS) is 11.9. The fraction of sp³-hybridized carbons (Fsp3) is 0. The van der Waals surface area contributed by atoms with E-state index >= 15 is 0 Å². The Labute approximate surface area is 208 Å². The molecule has 168 valence electrons. The predicted molar refractivity (Wildman–Crippen MR) is 153 cm³/mol. The molecule has 2 aromatic heterocycles. The first kappa shape index (κ1) is 19.5. The highest BCUT2D eigenvalue weighted by atomic mass is 15.0. The molecule has 0 atom stereocenters. The van der Waals surface area contributed by atoms with Crippen molar-refractivity contribution in [1.29, 1.82) is 0 Å². The van der Waals surface area contributed by atoms with Crippen LogP contribution >= 0.6 is 0 Å². The zero-order chi connectivity index (χ0) is 23.6. The van der Waals surface area contributed by atoms with Crippen LogP contribution in [-0.4, -0.2) is 9.55 Å². The summed E-state index contributed by atoms with van der Waals surface area (Å²) in [4.78, 5) is 3.62. The second-order valence-electron chi connectivity index (χ2n) is 9.52. The maximum atomic E-state index is 3.62. The largest absolute Gasteiger partial charge is 0.354 e. The summed E-state index contributed by atoms with van der Waals surface area (Å²) in [7, 11) is 0. The highest BCUT2D eigenvalue weighted by Crippen LogP contribution is 2.39. The van der Waals surface area contributed by atoms with Crippen molar-refractivity contribution in [2.45, 2.75) is 0 Å².